The van der Waals surface area contributed by atoms with Crippen LogP contribution in [0.15, 0.2) is 324 Å². The summed E-state index contributed by atoms with van der Waals surface area (Å²) < 4.78 is 12.8. The lowest BCUT2D eigenvalue weighted by molar-refractivity contribution is 0.668. The van der Waals surface area contributed by atoms with E-state index < -0.39 is 0 Å². The summed E-state index contributed by atoms with van der Waals surface area (Å²) in [7, 11) is 0. The summed E-state index contributed by atoms with van der Waals surface area (Å²) in [4.78, 5) is 0. The minimum absolute atomic E-state index is 0.884. The first-order valence-corrected chi connectivity index (χ1v) is 30.3. The highest BCUT2D eigenvalue weighted by molar-refractivity contribution is 6.25. The highest BCUT2D eigenvalue weighted by Crippen LogP contribution is 2.50. The molecule has 0 spiro atoms. The minimum atomic E-state index is 0.884. The number of benzene rings is 16. The first-order chi connectivity index (χ1) is 43.6. The normalized spacial score (nSPS) is 11.9. The molecule has 0 atom stereocenters. The van der Waals surface area contributed by atoms with E-state index in [-0.39, 0.29) is 0 Å². The van der Waals surface area contributed by atoms with Gasteiger partial charge in [0.1, 0.15) is 22.3 Å². The van der Waals surface area contributed by atoms with Gasteiger partial charge in [0.2, 0.25) is 0 Å². The van der Waals surface area contributed by atoms with Gasteiger partial charge in [0.15, 0.2) is 0 Å². The van der Waals surface area contributed by atoms with Crippen molar-refractivity contribution in [1.82, 2.24) is 0 Å². The van der Waals surface area contributed by atoms with Crippen molar-refractivity contribution in [1.29, 1.82) is 0 Å². The zero-order valence-electron chi connectivity index (χ0n) is 47.8. The third-order valence-electron chi connectivity index (χ3n) is 18.4. The number of furan rings is 2. The smallest absolute Gasteiger partial charge is 0.135 e. The van der Waals surface area contributed by atoms with Crippen LogP contribution in [0.2, 0.25) is 0 Å². The number of hydrogen-bond acceptors (Lipinski definition) is 2. The monoisotopic (exact) mass is 1120 g/mol. The average Bonchev–Trinajstić information content (AvgIpc) is 0.831. The molecule has 0 amide bonds. The first-order valence-electron chi connectivity index (χ1n) is 30.3. The molecule has 2 heterocycles. The van der Waals surface area contributed by atoms with Gasteiger partial charge < -0.3 is 8.83 Å². The molecule has 18 rings (SSSR count). The maximum atomic E-state index is 6.42. The molecule has 88 heavy (non-hydrogen) atoms. The van der Waals surface area contributed by atoms with Crippen molar-refractivity contribution in [3.05, 3.63) is 315 Å². The summed E-state index contributed by atoms with van der Waals surface area (Å²) in [5.41, 5.74) is 22.4. The van der Waals surface area contributed by atoms with Crippen molar-refractivity contribution in [2.24, 2.45) is 0 Å². The van der Waals surface area contributed by atoms with Gasteiger partial charge in [0.05, 0.1) is 0 Å². The SMILES string of the molecule is c1ccc(-c2ccc(-c3c4ccccc4c(-c4ccc5oc6ccccc6c5c4)c4ccc(-c5cccc(-c6ccc7c(-c8ccc9oc%10ccccc%10c9c8)c8ccc(-c9ccc%10ccccc%10c9)cc8c(-c8ccccc8)c7c6)c5)cc34)cc2)cc1. The van der Waals surface area contributed by atoms with Gasteiger partial charge in [-0.1, -0.05) is 249 Å². The van der Waals surface area contributed by atoms with Gasteiger partial charge in [0, 0.05) is 21.5 Å². The Morgan fingerprint density at radius 2 is 0.443 bits per heavy atom. The Labute approximate surface area is 508 Å². The maximum Gasteiger partial charge on any atom is 0.135 e. The molecule has 2 heteroatoms. The van der Waals surface area contributed by atoms with Crippen LogP contribution in [-0.2, 0) is 0 Å². The van der Waals surface area contributed by atoms with Gasteiger partial charge in [-0.3, -0.25) is 0 Å². The molecule has 0 aliphatic carbocycles. The van der Waals surface area contributed by atoms with E-state index >= 15 is 0 Å². The number of hydrogen-bond donors (Lipinski definition) is 0. The van der Waals surface area contributed by atoms with Crippen LogP contribution >= 0.6 is 0 Å². The van der Waals surface area contributed by atoms with E-state index in [4.69, 9.17) is 8.83 Å². The van der Waals surface area contributed by atoms with Crippen molar-refractivity contribution in [2.45, 2.75) is 0 Å². The second-order valence-corrected chi connectivity index (χ2v) is 23.4. The maximum absolute atomic E-state index is 6.42. The zero-order valence-corrected chi connectivity index (χ0v) is 47.8. The largest absolute Gasteiger partial charge is 0.456 e. The molecule has 0 fully saturated rings. The van der Waals surface area contributed by atoms with Crippen molar-refractivity contribution in [3.63, 3.8) is 0 Å². The van der Waals surface area contributed by atoms with E-state index in [1.165, 1.54) is 109 Å². The summed E-state index contributed by atoms with van der Waals surface area (Å²) >= 11 is 0. The summed E-state index contributed by atoms with van der Waals surface area (Å²) in [6.07, 6.45) is 0. The van der Waals surface area contributed by atoms with Crippen molar-refractivity contribution in [3.8, 4) is 89.0 Å². The Hall–Kier alpha value is -11.6. The highest BCUT2D eigenvalue weighted by Gasteiger charge is 2.23. The molecule has 0 radical (unpaired) electrons. The second kappa shape index (κ2) is 20.0. The van der Waals surface area contributed by atoms with E-state index in [1.807, 2.05) is 12.1 Å². The predicted octanol–water partition coefficient (Wildman–Crippen LogP) is 24.6. The molecule has 0 unspecified atom stereocenters. The molecule has 0 bridgehead atoms. The lowest BCUT2D eigenvalue weighted by Gasteiger charge is -2.20. The van der Waals surface area contributed by atoms with Crippen LogP contribution in [0, 0.1) is 0 Å². The highest BCUT2D eigenvalue weighted by atomic mass is 16.3. The number of fused-ring (bicyclic) bond motifs is 11. The van der Waals surface area contributed by atoms with E-state index in [1.54, 1.807) is 0 Å². The minimum Gasteiger partial charge on any atom is -0.456 e. The van der Waals surface area contributed by atoms with E-state index in [2.05, 4.69) is 303 Å². The first kappa shape index (κ1) is 49.8. The molecule has 2 nitrogen and oxygen atoms in total. The second-order valence-electron chi connectivity index (χ2n) is 23.4. The lowest BCUT2D eigenvalue weighted by atomic mass is 9.83. The Kier molecular flexibility index (Phi) is 11.3. The topological polar surface area (TPSA) is 26.3 Å². The molecule has 2 aromatic heterocycles. The van der Waals surface area contributed by atoms with Crippen molar-refractivity contribution < 1.29 is 8.83 Å². The Morgan fingerprint density at radius 3 is 0.977 bits per heavy atom. The van der Waals surface area contributed by atoms with Gasteiger partial charge in [0.25, 0.3) is 0 Å². The van der Waals surface area contributed by atoms with Gasteiger partial charge >= 0.3 is 0 Å². The van der Waals surface area contributed by atoms with Crippen LogP contribution in [-0.4, -0.2) is 0 Å². The Bertz CT molecular complexity index is 5850. The van der Waals surface area contributed by atoms with Crippen LogP contribution < -0.4 is 0 Å². The molecule has 0 saturated carbocycles. The lowest BCUT2D eigenvalue weighted by Crippen LogP contribution is -1.93. The van der Waals surface area contributed by atoms with Gasteiger partial charge in [-0.05, 0) is 210 Å². The fraction of sp³-hybridized carbons (Fsp3) is 0. The predicted molar refractivity (Wildman–Crippen MR) is 372 cm³/mol. The van der Waals surface area contributed by atoms with Gasteiger partial charge in [-0.25, -0.2) is 0 Å². The molecule has 0 aliphatic rings. The summed E-state index contributed by atoms with van der Waals surface area (Å²) in [5.74, 6) is 0. The Morgan fingerprint density at radius 1 is 0.136 bits per heavy atom. The third-order valence-corrected chi connectivity index (χ3v) is 18.4. The van der Waals surface area contributed by atoms with E-state index in [0.29, 0.717) is 0 Å². The fourth-order valence-corrected chi connectivity index (χ4v) is 14.3. The number of rotatable bonds is 8. The van der Waals surface area contributed by atoms with Crippen LogP contribution in [0.25, 0.3) is 187 Å². The van der Waals surface area contributed by atoms with Gasteiger partial charge in [-0.15, -0.1) is 0 Å². The van der Waals surface area contributed by atoms with Gasteiger partial charge in [-0.2, -0.15) is 0 Å². The standard InChI is InChI=1S/C86H52O2/c1-3-16-53(17-4-1)55-30-33-57(34-31-55)83-69-26-9-10-27-70(69)85(65-39-44-81-74(51-65)67-24-11-13-28-79(67)87-81)71-41-36-62(48-76(71)83)59-22-15-23-60(47-59)63-37-42-72-77(49-63)84(56-19-5-2-6-20-56)78-50-64(61-35-32-54-18-7-8-21-58(54)46-61)38-43-73(78)86(72)66-40-45-82-75(52-66)68-25-12-14-29-80(68)88-82/h1-52H. The molecular formula is C86H52O2. The fourth-order valence-electron chi connectivity index (χ4n) is 14.3. The average molecular weight is 1120 g/mol. The third kappa shape index (κ3) is 8.11. The zero-order chi connectivity index (χ0) is 57.8. The molecule has 0 aliphatic heterocycles. The molecule has 18 aromatic rings. The van der Waals surface area contributed by atoms with Crippen molar-refractivity contribution >= 4 is 97.7 Å². The van der Waals surface area contributed by atoms with Crippen molar-refractivity contribution in [2.75, 3.05) is 0 Å². The quantitative estimate of drug-likeness (QED) is 0.142. The molecule has 0 N–H and O–H groups in total. The van der Waals surface area contributed by atoms with E-state index in [9.17, 15) is 0 Å². The van der Waals surface area contributed by atoms with Crippen LogP contribution in [0.1, 0.15) is 0 Å². The molecular weight excluding hydrogens is 1060 g/mol. The molecule has 408 valence electrons. The van der Waals surface area contributed by atoms with Crippen LogP contribution in [0.4, 0.5) is 0 Å². The summed E-state index contributed by atoms with van der Waals surface area (Å²) in [6.45, 7) is 0. The molecule has 16 aromatic carbocycles. The Balaban J connectivity index is 0.844. The summed E-state index contributed by atoms with van der Waals surface area (Å²) in [6, 6.07) is 116. The van der Waals surface area contributed by atoms with Crippen LogP contribution in [0.3, 0.4) is 0 Å². The van der Waals surface area contributed by atoms with Crippen LogP contribution in [0.5, 0.6) is 0 Å². The number of para-hydroxylation sites is 2. The molecule has 0 saturated heterocycles. The van der Waals surface area contributed by atoms with E-state index in [0.717, 1.165) is 77.3 Å². The summed E-state index contributed by atoms with van der Waals surface area (Å²) in [5, 5.41) is 16.5.